The van der Waals surface area contributed by atoms with Crippen LogP contribution in [0.1, 0.15) is 54.9 Å². The average Bonchev–Trinajstić information content (AvgIpc) is 1.78. The largest absolute Gasteiger partial charge is 0.390 e. The molecule has 35 heteroatoms. The van der Waals surface area contributed by atoms with Crippen LogP contribution in [0.2, 0.25) is 0 Å². The van der Waals surface area contributed by atoms with E-state index in [0.717, 1.165) is 84.6 Å². The molecule has 29 nitrogen and oxygen atoms in total. The van der Waals surface area contributed by atoms with Gasteiger partial charge in [0.2, 0.25) is 5.91 Å². The normalized spacial score (nSPS) is 20.9. The number of anilines is 4. The van der Waals surface area contributed by atoms with Crippen LogP contribution in [0.5, 0.6) is 0 Å². The Morgan fingerprint density at radius 1 is 0.446 bits per heavy atom. The summed E-state index contributed by atoms with van der Waals surface area (Å²) < 4.78 is 88.1. The number of carbonyl (C=O) groups excluding carboxylic acids is 1. The molecule has 532 valence electrons. The molecule has 0 aliphatic carbocycles. The number of aromatic nitrogens is 12. The number of piperazine rings is 2. The van der Waals surface area contributed by atoms with Crippen molar-refractivity contribution in [2.45, 2.75) is 83.2 Å². The van der Waals surface area contributed by atoms with Crippen molar-refractivity contribution in [2.75, 3.05) is 121 Å². The lowest BCUT2D eigenvalue weighted by Gasteiger charge is -2.35. The van der Waals surface area contributed by atoms with Crippen LogP contribution in [0, 0.1) is 23.3 Å². The van der Waals surface area contributed by atoms with Crippen LogP contribution < -0.4 is 24.9 Å². The van der Waals surface area contributed by atoms with Gasteiger partial charge in [-0.2, -0.15) is 11.8 Å². The summed E-state index contributed by atoms with van der Waals surface area (Å²) in [6.45, 7) is 12.1. The fourth-order valence-electron chi connectivity index (χ4n) is 12.6. The average molecular weight is 1430 g/mol. The highest BCUT2D eigenvalue weighted by Gasteiger charge is 2.31. The van der Waals surface area contributed by atoms with Crippen LogP contribution in [-0.4, -0.2) is 228 Å². The lowest BCUT2D eigenvalue weighted by atomic mass is 10.0. The second-order valence-corrected chi connectivity index (χ2v) is 28.5. The van der Waals surface area contributed by atoms with E-state index in [-0.39, 0.29) is 65.1 Å². The SMILES string of the molecule is CC(=O)N1CCN(c2ccc(C3=NO[C@H](Cn4ccnn4)C3)cc2F)CC1.Fc1cc(C2=NO[C@H](Cn3ccnn3)C2)ccc1N1CCNCC1.Fc1cc(C2=NO[C@H](Cn3ccnn3)C2)ccc1N1CCSCC1.O=S1(=O)CCN(c2ccc(C3=NO[C@H](Cn4ccnn4)C3)cc2F)CC1. The Morgan fingerprint density at radius 3 is 1.05 bits per heavy atom. The Bertz CT molecular complexity index is 4190. The van der Waals surface area contributed by atoms with Crippen LogP contribution in [0.4, 0.5) is 40.3 Å². The molecule has 4 atom stereocenters. The smallest absolute Gasteiger partial charge is 0.219 e. The van der Waals surface area contributed by atoms with Crippen molar-refractivity contribution in [3.05, 3.63) is 168 Å². The molecule has 8 aliphatic heterocycles. The predicted octanol–water partition coefficient (Wildman–Crippen LogP) is 5.31. The van der Waals surface area contributed by atoms with Gasteiger partial charge in [0.1, 0.15) is 23.3 Å². The van der Waals surface area contributed by atoms with Gasteiger partial charge in [-0.05, 0) is 48.5 Å². The number of oxime groups is 4. The third-order valence-corrected chi connectivity index (χ3v) is 20.6. The molecule has 8 aliphatic rings. The zero-order valence-corrected chi connectivity index (χ0v) is 57.0. The lowest BCUT2D eigenvalue weighted by molar-refractivity contribution is -0.129. The van der Waals surface area contributed by atoms with E-state index in [9.17, 15) is 30.8 Å². The molecule has 0 saturated carbocycles. The van der Waals surface area contributed by atoms with Gasteiger partial charge in [-0.1, -0.05) is 65.7 Å². The molecule has 8 aromatic rings. The Labute approximate surface area is 583 Å². The number of thioether (sulfide) groups is 1. The molecular formula is C66H76F4N22O7S2. The Hall–Kier alpha value is -10.0. The summed E-state index contributed by atoms with van der Waals surface area (Å²) in [5.74, 6) is 1.19. The van der Waals surface area contributed by atoms with E-state index in [1.54, 1.807) is 115 Å². The van der Waals surface area contributed by atoms with Gasteiger partial charge in [0.25, 0.3) is 0 Å². The molecule has 4 aromatic heterocycles. The van der Waals surface area contributed by atoms with Crippen molar-refractivity contribution in [1.29, 1.82) is 0 Å². The van der Waals surface area contributed by atoms with Crippen LogP contribution in [0.3, 0.4) is 0 Å². The summed E-state index contributed by atoms with van der Waals surface area (Å²) in [5.41, 5.74) is 8.20. The molecule has 12 heterocycles. The molecule has 4 aromatic carbocycles. The molecule has 4 saturated heterocycles. The maximum absolute atomic E-state index is 14.7. The summed E-state index contributed by atoms with van der Waals surface area (Å²) in [6, 6.07) is 20.7. The minimum atomic E-state index is -3.00. The van der Waals surface area contributed by atoms with Crippen LogP contribution in [0.15, 0.2) is 143 Å². The maximum Gasteiger partial charge on any atom is 0.219 e. The van der Waals surface area contributed by atoms with Crippen molar-refractivity contribution in [1.82, 2.24) is 70.2 Å². The first-order valence-electron chi connectivity index (χ1n) is 33.4. The summed E-state index contributed by atoms with van der Waals surface area (Å²) in [5, 5.41) is 50.4. The minimum absolute atomic E-state index is 0.0543. The molecule has 0 unspecified atom stereocenters. The van der Waals surface area contributed by atoms with Crippen LogP contribution >= 0.6 is 11.8 Å². The summed E-state index contributed by atoms with van der Waals surface area (Å²) >= 11 is 1.91. The summed E-state index contributed by atoms with van der Waals surface area (Å²) in [4.78, 5) is 42.8. The summed E-state index contributed by atoms with van der Waals surface area (Å²) in [7, 11) is -3.00. The van der Waals surface area contributed by atoms with E-state index in [1.165, 1.54) is 12.1 Å². The molecule has 0 bridgehead atoms. The van der Waals surface area contributed by atoms with Gasteiger partial charge in [-0.3, -0.25) is 4.79 Å². The van der Waals surface area contributed by atoms with Gasteiger partial charge in [0.15, 0.2) is 34.3 Å². The van der Waals surface area contributed by atoms with Gasteiger partial charge < -0.3 is 49.2 Å². The number of halogens is 4. The number of carbonyl (C=O) groups is 1. The predicted molar refractivity (Wildman–Crippen MR) is 370 cm³/mol. The number of nitrogens with zero attached hydrogens (tertiary/aromatic N) is 21. The number of rotatable bonds is 16. The van der Waals surface area contributed by atoms with E-state index in [0.29, 0.717) is 125 Å². The van der Waals surface area contributed by atoms with Crippen molar-refractivity contribution < 1.29 is 50.1 Å². The van der Waals surface area contributed by atoms with E-state index in [4.69, 9.17) is 19.4 Å². The number of amides is 1. The monoisotopic (exact) mass is 1430 g/mol. The first-order chi connectivity index (χ1) is 49.2. The van der Waals surface area contributed by atoms with Gasteiger partial charge in [-0.25, -0.2) is 44.7 Å². The van der Waals surface area contributed by atoms with Crippen molar-refractivity contribution in [3.63, 3.8) is 0 Å². The number of hydrogen-bond acceptors (Lipinski definition) is 25. The number of sulfone groups is 1. The number of hydrogen-bond donors (Lipinski definition) is 1. The summed E-state index contributed by atoms with van der Waals surface area (Å²) in [6.07, 6.45) is 15.5. The topological polar surface area (TPSA) is 289 Å². The van der Waals surface area contributed by atoms with Crippen molar-refractivity contribution in [3.8, 4) is 0 Å². The van der Waals surface area contributed by atoms with E-state index < -0.39 is 9.84 Å². The molecule has 101 heavy (non-hydrogen) atoms. The van der Waals surface area contributed by atoms with Gasteiger partial charge >= 0.3 is 0 Å². The first-order valence-corrected chi connectivity index (χ1v) is 36.4. The second-order valence-electron chi connectivity index (χ2n) is 25.0. The zero-order valence-electron chi connectivity index (χ0n) is 55.4. The fourth-order valence-corrected chi connectivity index (χ4v) is 14.7. The quantitative estimate of drug-likeness (QED) is 0.120. The third kappa shape index (κ3) is 18.1. The standard InChI is InChI=1S/C18H21FN6O2.C16H19FN6O.C16H18FN5O3S.C16H18FN5OS/c1-13(26)23-6-8-24(9-7-23)18-3-2-14(10-16(18)19)17-11-15(27-21-17)12-25-5-4-20-22-25;17-14-9-12(1-2-16(14)22-6-3-18-4-7-22)15-10-13(24-20-15)11-23-8-5-19-21-23;17-14-9-12(1-2-16(14)21-5-7-26(23,24)8-6-21)15-10-13(25-19-15)11-22-4-3-18-20-22;17-14-9-12(1-2-16(14)21-5-7-24-8-6-21)15-10-13(23-19-15)11-22-4-3-18-20-22/h2-5,10,15H,6-9,11-12H2,1H3;1-2,5,8-9,13,18H,3-4,6-7,10-11H2;1-4,9,13H,5-8,10-11H2;1-4,9,13H,5-8,10-11H2/t15-;3*13-/m0000/s1. The van der Waals surface area contributed by atoms with Gasteiger partial charge in [-0.15, -0.1) is 20.4 Å². The second kappa shape index (κ2) is 32.5. The molecule has 0 spiro atoms. The maximum atomic E-state index is 14.7. The number of benzene rings is 4. The first kappa shape index (κ1) is 69.4. The Balaban J connectivity index is 0.000000121. The molecule has 1 amide bonds. The fraction of sp³-hybridized carbons (Fsp3) is 0.439. The third-order valence-electron chi connectivity index (χ3n) is 18.1. The highest BCUT2D eigenvalue weighted by molar-refractivity contribution is 7.99. The van der Waals surface area contributed by atoms with Gasteiger partial charge in [0, 0.05) is 170 Å². The van der Waals surface area contributed by atoms with Crippen LogP contribution in [-0.2, 0) is 60.2 Å². The lowest BCUT2D eigenvalue weighted by Crippen LogP contribution is -2.48. The number of nitrogens with one attached hydrogen (secondary N) is 1. The Morgan fingerprint density at radius 2 is 0.752 bits per heavy atom. The van der Waals surface area contributed by atoms with Crippen molar-refractivity contribution in [2.24, 2.45) is 20.6 Å². The molecule has 16 rings (SSSR count). The molecule has 0 radical (unpaired) electrons. The zero-order chi connectivity index (χ0) is 69.7. The van der Waals surface area contributed by atoms with Crippen molar-refractivity contribution >= 4 is 73.1 Å². The van der Waals surface area contributed by atoms with Gasteiger partial charge in [0.05, 0.1) is 108 Å². The van der Waals surface area contributed by atoms with E-state index in [2.05, 4.69) is 77.0 Å². The highest BCUT2D eigenvalue weighted by atomic mass is 32.2. The minimum Gasteiger partial charge on any atom is -0.390 e. The van der Waals surface area contributed by atoms with E-state index in [1.807, 2.05) is 47.0 Å². The highest BCUT2D eigenvalue weighted by Crippen LogP contribution is 2.31. The molecule has 1 N–H and O–H groups in total. The Kier molecular flexibility index (Phi) is 22.4. The van der Waals surface area contributed by atoms with E-state index >= 15 is 0 Å². The van der Waals surface area contributed by atoms with Crippen LogP contribution in [0.25, 0.3) is 0 Å². The molecular weight excluding hydrogens is 1350 g/mol. The molecule has 4 fully saturated rings.